The molecule has 1 aromatic heterocycles. The number of nitrogens with two attached hydrogens (primary N) is 1. The second-order valence-corrected chi connectivity index (χ2v) is 5.30. The Hall–Kier alpha value is -2.83. The summed E-state index contributed by atoms with van der Waals surface area (Å²) in [4.78, 5) is 34.5. The first-order valence-electron chi connectivity index (χ1n) is 7.31. The van der Waals surface area contributed by atoms with Gasteiger partial charge in [0.05, 0.1) is 11.5 Å². The lowest BCUT2D eigenvalue weighted by Crippen LogP contribution is -2.34. The lowest BCUT2D eigenvalue weighted by Gasteiger charge is -2.11. The third-order valence-electron chi connectivity index (χ3n) is 3.76. The minimum Gasteiger partial charge on any atom is -0.481 e. The molecule has 23 heavy (non-hydrogen) atoms. The van der Waals surface area contributed by atoms with Gasteiger partial charge in [-0.2, -0.15) is 0 Å². The molecule has 1 heterocycles. The molecule has 0 radical (unpaired) electrons. The Kier molecular flexibility index (Phi) is 5.00. The Balaban J connectivity index is 2.14. The van der Waals surface area contributed by atoms with Gasteiger partial charge in [0.25, 0.3) is 5.91 Å². The van der Waals surface area contributed by atoms with Crippen LogP contribution in [0.25, 0.3) is 10.9 Å². The van der Waals surface area contributed by atoms with Crippen LogP contribution < -0.4 is 11.1 Å². The number of primary amides is 1. The Morgan fingerprint density at radius 1 is 1.30 bits per heavy atom. The fraction of sp³-hybridized carbons (Fsp3) is 0.312. The summed E-state index contributed by atoms with van der Waals surface area (Å²) in [6, 6.07) is 7.15. The Bertz CT molecular complexity index is 751. The molecule has 1 unspecified atom stereocenters. The van der Waals surface area contributed by atoms with E-state index in [1.165, 1.54) is 0 Å². The van der Waals surface area contributed by atoms with Crippen molar-refractivity contribution in [3.63, 3.8) is 0 Å². The van der Waals surface area contributed by atoms with E-state index in [2.05, 4.69) is 5.32 Å². The third kappa shape index (κ3) is 3.68. The van der Waals surface area contributed by atoms with Crippen molar-refractivity contribution in [2.24, 2.45) is 11.7 Å². The van der Waals surface area contributed by atoms with Gasteiger partial charge in [-0.05, 0) is 12.5 Å². The summed E-state index contributed by atoms with van der Waals surface area (Å²) >= 11 is 0. The van der Waals surface area contributed by atoms with Crippen LogP contribution in [0.4, 0.5) is 0 Å². The van der Waals surface area contributed by atoms with E-state index >= 15 is 0 Å². The number of nitrogens with zero attached hydrogens (tertiary/aromatic N) is 1. The van der Waals surface area contributed by atoms with E-state index in [1.54, 1.807) is 42.0 Å². The molecular weight excluding hydrogens is 298 g/mol. The number of hydrogen-bond donors (Lipinski definition) is 3. The smallest absolute Gasteiger partial charge is 0.308 e. The summed E-state index contributed by atoms with van der Waals surface area (Å²) in [6.45, 7) is 1.82. The lowest BCUT2D eigenvalue weighted by molar-refractivity contribution is -0.141. The molecule has 2 aromatic rings. The van der Waals surface area contributed by atoms with E-state index in [9.17, 15) is 14.4 Å². The first-order chi connectivity index (χ1) is 10.9. The van der Waals surface area contributed by atoms with E-state index in [0.717, 1.165) is 5.52 Å². The van der Waals surface area contributed by atoms with E-state index < -0.39 is 17.8 Å². The minimum atomic E-state index is -0.935. The average Bonchev–Trinajstić information content (AvgIpc) is 2.87. The summed E-state index contributed by atoms with van der Waals surface area (Å²) in [5.41, 5.74) is 6.43. The number of hydrogen-bond acceptors (Lipinski definition) is 3. The second-order valence-electron chi connectivity index (χ2n) is 5.30. The Labute approximate surface area is 133 Å². The van der Waals surface area contributed by atoms with Crippen molar-refractivity contribution < 1.29 is 19.5 Å². The normalized spacial score (nSPS) is 12.0. The maximum absolute atomic E-state index is 12.0. The maximum atomic E-state index is 12.0. The van der Waals surface area contributed by atoms with E-state index in [-0.39, 0.29) is 19.0 Å². The van der Waals surface area contributed by atoms with Gasteiger partial charge >= 0.3 is 5.97 Å². The van der Waals surface area contributed by atoms with Crippen molar-refractivity contribution >= 4 is 28.7 Å². The van der Waals surface area contributed by atoms with E-state index in [1.807, 2.05) is 0 Å². The van der Waals surface area contributed by atoms with Crippen LogP contribution in [0.5, 0.6) is 0 Å². The number of carboxylic acid groups (broad SMARTS) is 1. The van der Waals surface area contributed by atoms with Crippen LogP contribution in [0.1, 0.15) is 23.7 Å². The molecule has 0 bridgehead atoms. The molecule has 7 heteroatoms. The van der Waals surface area contributed by atoms with Gasteiger partial charge in [0.1, 0.15) is 6.54 Å². The van der Waals surface area contributed by atoms with Crippen LogP contribution >= 0.6 is 0 Å². The zero-order valence-electron chi connectivity index (χ0n) is 12.8. The molecule has 4 N–H and O–H groups in total. The van der Waals surface area contributed by atoms with Crippen LogP contribution in [0.15, 0.2) is 30.5 Å². The Morgan fingerprint density at radius 3 is 2.61 bits per heavy atom. The van der Waals surface area contributed by atoms with Gasteiger partial charge in [-0.25, -0.2) is 0 Å². The largest absolute Gasteiger partial charge is 0.481 e. The van der Waals surface area contributed by atoms with Crippen LogP contribution in [0, 0.1) is 5.92 Å². The van der Waals surface area contributed by atoms with E-state index in [0.29, 0.717) is 17.4 Å². The predicted octanol–water partition coefficient (Wildman–Crippen LogP) is 0.967. The molecule has 2 rings (SSSR count). The molecule has 1 atom stereocenters. The zero-order valence-corrected chi connectivity index (χ0v) is 12.8. The highest BCUT2D eigenvalue weighted by atomic mass is 16.4. The highest BCUT2D eigenvalue weighted by Gasteiger charge is 2.17. The lowest BCUT2D eigenvalue weighted by atomic mass is 10.1. The average molecular weight is 317 g/mol. The number of nitrogens with one attached hydrogen (secondary N) is 1. The number of fused-ring (bicyclic) bond motifs is 1. The quantitative estimate of drug-likeness (QED) is 0.705. The highest BCUT2D eigenvalue weighted by Crippen LogP contribution is 2.20. The fourth-order valence-corrected chi connectivity index (χ4v) is 2.43. The van der Waals surface area contributed by atoms with Gasteiger partial charge in [0.2, 0.25) is 5.91 Å². The summed E-state index contributed by atoms with van der Waals surface area (Å²) in [6.07, 6.45) is 1.98. The monoisotopic (exact) mass is 317 g/mol. The van der Waals surface area contributed by atoms with Crippen molar-refractivity contribution in [1.29, 1.82) is 0 Å². The van der Waals surface area contributed by atoms with Crippen LogP contribution in [-0.2, 0) is 16.1 Å². The summed E-state index contributed by atoms with van der Waals surface area (Å²) in [5.74, 6) is -2.42. The number of carbonyl (C=O) groups is 3. The first kappa shape index (κ1) is 16.5. The molecule has 0 saturated heterocycles. The maximum Gasteiger partial charge on any atom is 0.308 e. The SMILES string of the molecule is CCC(CNC(=O)Cn1cc(C(N)=O)c2ccccc21)C(=O)O. The van der Waals surface area contributed by atoms with Crippen molar-refractivity contribution in [3.8, 4) is 0 Å². The molecular formula is C16H19N3O4. The molecule has 0 aliphatic carbocycles. The van der Waals surface area contributed by atoms with Crippen molar-refractivity contribution in [2.75, 3.05) is 6.54 Å². The summed E-state index contributed by atoms with van der Waals surface area (Å²) in [7, 11) is 0. The topological polar surface area (TPSA) is 114 Å². The summed E-state index contributed by atoms with van der Waals surface area (Å²) in [5, 5.41) is 12.3. The molecule has 2 amide bonds. The fourth-order valence-electron chi connectivity index (χ4n) is 2.43. The van der Waals surface area contributed by atoms with Crippen molar-refractivity contribution in [3.05, 3.63) is 36.0 Å². The number of amides is 2. The molecule has 0 aliphatic heterocycles. The van der Waals surface area contributed by atoms with Crippen LogP contribution in [-0.4, -0.2) is 34.0 Å². The standard InChI is InChI=1S/C16H19N3O4/c1-2-10(16(22)23)7-18-14(20)9-19-8-12(15(17)21)11-5-3-4-6-13(11)19/h3-6,8,10H,2,7,9H2,1H3,(H2,17,21)(H,18,20)(H,22,23). The molecule has 122 valence electrons. The van der Waals surface area contributed by atoms with Crippen molar-refractivity contribution in [1.82, 2.24) is 9.88 Å². The van der Waals surface area contributed by atoms with Gasteiger partial charge in [0.15, 0.2) is 0 Å². The van der Waals surface area contributed by atoms with Gasteiger partial charge in [-0.15, -0.1) is 0 Å². The van der Waals surface area contributed by atoms with Crippen molar-refractivity contribution in [2.45, 2.75) is 19.9 Å². The number of aromatic nitrogens is 1. The first-order valence-corrected chi connectivity index (χ1v) is 7.31. The number of carbonyl (C=O) groups excluding carboxylic acids is 2. The van der Waals surface area contributed by atoms with Gasteiger partial charge in [-0.3, -0.25) is 14.4 Å². The summed E-state index contributed by atoms with van der Waals surface area (Å²) < 4.78 is 1.63. The second kappa shape index (κ2) is 6.95. The van der Waals surface area contributed by atoms with E-state index in [4.69, 9.17) is 10.8 Å². The van der Waals surface area contributed by atoms with Gasteiger partial charge < -0.3 is 20.7 Å². The zero-order chi connectivity index (χ0) is 17.0. The molecule has 0 spiro atoms. The third-order valence-corrected chi connectivity index (χ3v) is 3.76. The minimum absolute atomic E-state index is 0.0101. The Morgan fingerprint density at radius 2 is 2.00 bits per heavy atom. The molecule has 7 nitrogen and oxygen atoms in total. The number of rotatable bonds is 7. The number of carboxylic acids is 1. The van der Waals surface area contributed by atoms with Gasteiger partial charge in [0, 0.05) is 23.6 Å². The van der Waals surface area contributed by atoms with Crippen LogP contribution in [0.3, 0.4) is 0 Å². The van der Waals surface area contributed by atoms with Gasteiger partial charge in [-0.1, -0.05) is 25.1 Å². The number of para-hydroxylation sites is 1. The number of benzene rings is 1. The highest BCUT2D eigenvalue weighted by molar-refractivity contribution is 6.06. The predicted molar refractivity (Wildman–Crippen MR) is 84.9 cm³/mol. The molecule has 1 aromatic carbocycles. The molecule has 0 fully saturated rings. The number of aliphatic carboxylic acids is 1. The molecule has 0 saturated carbocycles. The van der Waals surface area contributed by atoms with Crippen LogP contribution in [0.2, 0.25) is 0 Å². The molecule has 0 aliphatic rings.